The van der Waals surface area contributed by atoms with E-state index in [1.165, 1.54) is 29.5 Å². The van der Waals surface area contributed by atoms with Gasteiger partial charge < -0.3 is 5.11 Å². The Kier molecular flexibility index (Phi) is 7.38. The Morgan fingerprint density at radius 3 is 2.22 bits per heavy atom. The number of rotatable bonds is 8. The second-order valence-corrected chi connectivity index (χ2v) is 8.56. The minimum absolute atomic E-state index is 0.196. The Morgan fingerprint density at radius 2 is 1.59 bits per heavy atom. The fraction of sp³-hybridized carbons (Fsp3) is 0.520. The van der Waals surface area contributed by atoms with Crippen molar-refractivity contribution in [1.29, 1.82) is 0 Å². The lowest BCUT2D eigenvalue weighted by Gasteiger charge is -2.23. The van der Waals surface area contributed by atoms with Crippen molar-refractivity contribution < 1.29 is 5.11 Å². The molecule has 27 heavy (non-hydrogen) atoms. The van der Waals surface area contributed by atoms with Gasteiger partial charge >= 0.3 is 0 Å². The molecule has 0 bridgehead atoms. The highest BCUT2D eigenvalue weighted by Gasteiger charge is 2.36. The number of hydrogen-bond acceptors (Lipinski definition) is 1. The van der Waals surface area contributed by atoms with Gasteiger partial charge in [0.1, 0.15) is 0 Å². The van der Waals surface area contributed by atoms with Crippen molar-refractivity contribution in [3.05, 3.63) is 70.8 Å². The van der Waals surface area contributed by atoms with Crippen LogP contribution in [0.4, 0.5) is 0 Å². The predicted molar refractivity (Wildman–Crippen MR) is 116 cm³/mol. The van der Waals surface area contributed by atoms with E-state index in [2.05, 4.69) is 62.4 Å². The Balaban J connectivity index is 1.73. The van der Waals surface area contributed by atoms with Crippen LogP contribution in [-0.2, 0) is 6.42 Å². The molecule has 0 spiro atoms. The van der Waals surface area contributed by atoms with E-state index in [9.17, 15) is 5.11 Å². The first-order valence-electron chi connectivity index (χ1n) is 10.6. The number of alkyl halides is 1. The molecule has 2 aromatic carbocycles. The van der Waals surface area contributed by atoms with Gasteiger partial charge in [0.15, 0.2) is 0 Å². The minimum atomic E-state index is -0.340. The van der Waals surface area contributed by atoms with Crippen LogP contribution in [0.5, 0.6) is 0 Å². The average molecular weight is 385 g/mol. The first-order valence-corrected chi connectivity index (χ1v) is 11.1. The SMILES string of the molecule is CCCCCC(O)c1ccc(C2CCC(Cl)C2c2ccc(CC)cc2)cc1. The summed E-state index contributed by atoms with van der Waals surface area (Å²) < 4.78 is 0. The van der Waals surface area contributed by atoms with Gasteiger partial charge in [0.2, 0.25) is 0 Å². The Bertz CT molecular complexity index is 691. The van der Waals surface area contributed by atoms with Gasteiger partial charge in [-0.25, -0.2) is 0 Å². The molecule has 2 heteroatoms. The zero-order valence-corrected chi connectivity index (χ0v) is 17.5. The summed E-state index contributed by atoms with van der Waals surface area (Å²) >= 11 is 6.74. The van der Waals surface area contributed by atoms with Crippen LogP contribution in [0.3, 0.4) is 0 Å². The van der Waals surface area contributed by atoms with E-state index < -0.39 is 0 Å². The molecule has 0 amide bonds. The van der Waals surface area contributed by atoms with Crippen LogP contribution in [0.15, 0.2) is 48.5 Å². The number of halogens is 1. The quantitative estimate of drug-likeness (QED) is 0.379. The summed E-state index contributed by atoms with van der Waals surface area (Å²) in [5, 5.41) is 10.6. The van der Waals surface area contributed by atoms with Crippen LogP contribution in [0.1, 0.15) is 92.6 Å². The lowest BCUT2D eigenvalue weighted by Crippen LogP contribution is -2.12. The molecule has 0 aliphatic heterocycles. The largest absolute Gasteiger partial charge is 0.388 e. The smallest absolute Gasteiger partial charge is 0.0790 e. The van der Waals surface area contributed by atoms with E-state index >= 15 is 0 Å². The van der Waals surface area contributed by atoms with Crippen molar-refractivity contribution in [1.82, 2.24) is 0 Å². The molecule has 2 aromatic rings. The topological polar surface area (TPSA) is 20.2 Å². The van der Waals surface area contributed by atoms with Gasteiger partial charge in [-0.1, -0.05) is 81.6 Å². The molecule has 1 saturated carbocycles. The standard InChI is InChI=1S/C25H33ClO/c1-3-5-6-7-24(27)20-14-12-19(13-15-20)22-16-17-23(26)25(22)21-10-8-18(4-2)9-11-21/h8-15,22-25,27H,3-7,16-17H2,1-2H3. The maximum absolute atomic E-state index is 10.4. The molecule has 0 aromatic heterocycles. The van der Waals surface area contributed by atoms with Crippen molar-refractivity contribution in [2.75, 3.05) is 0 Å². The van der Waals surface area contributed by atoms with E-state index in [0.29, 0.717) is 11.8 Å². The van der Waals surface area contributed by atoms with Crippen LogP contribution in [0.2, 0.25) is 0 Å². The molecule has 1 fully saturated rings. The highest BCUT2D eigenvalue weighted by molar-refractivity contribution is 6.21. The van der Waals surface area contributed by atoms with E-state index in [1.807, 2.05) is 0 Å². The van der Waals surface area contributed by atoms with Gasteiger partial charge in [-0.3, -0.25) is 0 Å². The minimum Gasteiger partial charge on any atom is -0.388 e. The molecule has 0 saturated heterocycles. The summed E-state index contributed by atoms with van der Waals surface area (Å²) in [5.41, 5.74) is 5.13. The predicted octanol–water partition coefficient (Wildman–Crippen LogP) is 7.13. The molecular weight excluding hydrogens is 352 g/mol. The normalized spacial score (nSPS) is 23.5. The third-order valence-electron chi connectivity index (χ3n) is 6.18. The number of aliphatic hydroxyl groups excluding tert-OH is 1. The highest BCUT2D eigenvalue weighted by atomic mass is 35.5. The number of benzene rings is 2. The van der Waals surface area contributed by atoms with Gasteiger partial charge in [-0.05, 0) is 53.9 Å². The Labute approximate surface area is 169 Å². The molecule has 1 aliphatic carbocycles. The van der Waals surface area contributed by atoms with Crippen molar-refractivity contribution >= 4 is 11.6 Å². The summed E-state index contributed by atoms with van der Waals surface area (Å²) in [6, 6.07) is 17.7. The van der Waals surface area contributed by atoms with Gasteiger partial charge in [-0.15, -0.1) is 11.6 Å². The highest BCUT2D eigenvalue weighted by Crippen LogP contribution is 2.48. The number of unbranched alkanes of at least 4 members (excludes halogenated alkanes) is 2. The molecule has 4 atom stereocenters. The van der Waals surface area contributed by atoms with Crippen molar-refractivity contribution in [3.63, 3.8) is 0 Å². The van der Waals surface area contributed by atoms with Gasteiger partial charge in [0, 0.05) is 11.3 Å². The van der Waals surface area contributed by atoms with Crippen LogP contribution in [0.25, 0.3) is 0 Å². The number of aryl methyl sites for hydroxylation is 1. The summed E-state index contributed by atoms with van der Waals surface area (Å²) in [6.45, 7) is 4.38. The first kappa shape index (κ1) is 20.4. The fourth-order valence-electron chi connectivity index (χ4n) is 4.46. The van der Waals surface area contributed by atoms with E-state index in [4.69, 9.17) is 11.6 Å². The summed E-state index contributed by atoms with van der Waals surface area (Å²) in [6.07, 6.45) is 7.24. The summed E-state index contributed by atoms with van der Waals surface area (Å²) in [5.74, 6) is 0.837. The van der Waals surface area contributed by atoms with Gasteiger partial charge in [0.05, 0.1) is 6.10 Å². The Hall–Kier alpha value is -1.31. The molecule has 3 rings (SSSR count). The third-order valence-corrected chi connectivity index (χ3v) is 6.67. The van der Waals surface area contributed by atoms with Gasteiger partial charge in [-0.2, -0.15) is 0 Å². The molecule has 1 aliphatic rings. The molecule has 146 valence electrons. The molecule has 0 heterocycles. The zero-order valence-electron chi connectivity index (χ0n) is 16.7. The maximum Gasteiger partial charge on any atom is 0.0790 e. The molecule has 1 N–H and O–H groups in total. The van der Waals surface area contributed by atoms with E-state index in [-0.39, 0.29) is 11.5 Å². The first-order chi connectivity index (χ1) is 13.1. The zero-order chi connectivity index (χ0) is 19.2. The van der Waals surface area contributed by atoms with Crippen molar-refractivity contribution in [2.45, 2.75) is 82.1 Å². The molecule has 0 radical (unpaired) electrons. The lowest BCUT2D eigenvalue weighted by atomic mass is 9.83. The van der Waals surface area contributed by atoms with Gasteiger partial charge in [0.25, 0.3) is 0 Å². The third kappa shape index (κ3) is 4.95. The second kappa shape index (κ2) is 9.75. The molecule has 4 unspecified atom stereocenters. The molecule has 1 nitrogen and oxygen atoms in total. The van der Waals surface area contributed by atoms with E-state index in [1.54, 1.807) is 0 Å². The number of aliphatic hydroxyl groups is 1. The van der Waals surface area contributed by atoms with Crippen molar-refractivity contribution in [3.8, 4) is 0 Å². The maximum atomic E-state index is 10.4. The van der Waals surface area contributed by atoms with Crippen LogP contribution in [-0.4, -0.2) is 10.5 Å². The van der Waals surface area contributed by atoms with Crippen LogP contribution >= 0.6 is 11.6 Å². The lowest BCUT2D eigenvalue weighted by molar-refractivity contribution is 0.163. The Morgan fingerprint density at radius 1 is 0.926 bits per heavy atom. The van der Waals surface area contributed by atoms with Crippen LogP contribution < -0.4 is 0 Å². The van der Waals surface area contributed by atoms with Crippen molar-refractivity contribution in [2.24, 2.45) is 0 Å². The summed E-state index contributed by atoms with van der Waals surface area (Å²) in [4.78, 5) is 0. The van der Waals surface area contributed by atoms with Crippen LogP contribution in [0, 0.1) is 0 Å². The average Bonchev–Trinajstić information content (AvgIpc) is 3.09. The van der Waals surface area contributed by atoms with E-state index in [0.717, 1.165) is 37.7 Å². The number of hydrogen-bond donors (Lipinski definition) is 1. The fourth-order valence-corrected chi connectivity index (χ4v) is 4.91. The monoisotopic (exact) mass is 384 g/mol. The second-order valence-electron chi connectivity index (χ2n) is 8.00. The summed E-state index contributed by atoms with van der Waals surface area (Å²) in [7, 11) is 0. The molecular formula is C25H33ClO.